The van der Waals surface area contributed by atoms with Gasteiger partial charge in [0, 0.05) is 7.11 Å². The first-order valence-corrected chi connectivity index (χ1v) is 9.35. The molecule has 0 amide bonds. The monoisotopic (exact) mass is 274 g/mol. The van der Waals surface area contributed by atoms with Crippen LogP contribution < -0.4 is 0 Å². The molecule has 2 heterocycles. The molecule has 2 fully saturated rings. The Balaban J connectivity index is 2.07. The third-order valence-corrected chi connectivity index (χ3v) is 5.43. The van der Waals surface area contributed by atoms with Crippen molar-refractivity contribution < 1.29 is 23.4 Å². The molecule has 18 heavy (non-hydrogen) atoms. The van der Waals surface area contributed by atoms with E-state index in [1.807, 2.05) is 6.08 Å². The quantitative estimate of drug-likeness (QED) is 0.562. The summed E-state index contributed by atoms with van der Waals surface area (Å²) < 4.78 is 28.3. The van der Waals surface area contributed by atoms with Gasteiger partial charge in [-0.25, -0.2) is 0 Å². The summed E-state index contributed by atoms with van der Waals surface area (Å²) >= 11 is 0. The fraction of sp³-hybridized carbons (Fsp3) is 0.833. The van der Waals surface area contributed by atoms with E-state index in [0.29, 0.717) is 13.4 Å². The molecule has 5 nitrogen and oxygen atoms in total. The van der Waals surface area contributed by atoms with Gasteiger partial charge in [-0.15, -0.1) is 6.58 Å². The van der Waals surface area contributed by atoms with Crippen LogP contribution in [0.15, 0.2) is 12.7 Å². The lowest BCUT2D eigenvalue weighted by atomic mass is 10.1. The smallest absolute Gasteiger partial charge is 0.191 e. The summed E-state index contributed by atoms with van der Waals surface area (Å²) in [6, 6.07) is 0.887. The summed E-state index contributed by atoms with van der Waals surface area (Å²) in [7, 11) is -0.198. The van der Waals surface area contributed by atoms with Gasteiger partial charge in [0.25, 0.3) is 0 Å². The largest absolute Gasteiger partial charge is 0.406 e. The van der Waals surface area contributed by atoms with Gasteiger partial charge in [0.2, 0.25) is 0 Å². The highest BCUT2D eigenvalue weighted by Crippen LogP contribution is 2.30. The average Bonchev–Trinajstić information content (AvgIpc) is 2.77. The lowest BCUT2D eigenvalue weighted by Gasteiger charge is -2.40. The van der Waals surface area contributed by atoms with E-state index >= 15 is 0 Å². The lowest BCUT2D eigenvalue weighted by molar-refractivity contribution is -0.235. The highest BCUT2D eigenvalue weighted by atomic mass is 28.4. The molecule has 0 unspecified atom stereocenters. The molecule has 2 rings (SSSR count). The number of methoxy groups -OCH3 is 1. The number of rotatable bonds is 5. The van der Waals surface area contributed by atoms with Gasteiger partial charge in [-0.2, -0.15) is 0 Å². The van der Waals surface area contributed by atoms with Gasteiger partial charge in [-0.1, -0.05) is 6.08 Å². The fourth-order valence-corrected chi connectivity index (χ4v) is 4.16. The molecule has 0 radical (unpaired) electrons. The van der Waals surface area contributed by atoms with Crippen molar-refractivity contribution in [2.24, 2.45) is 0 Å². The summed E-state index contributed by atoms with van der Waals surface area (Å²) in [6.07, 6.45) is 1.15. The molecule has 0 aromatic carbocycles. The SMILES string of the molecule is C=CC[Si](C)(C)O[C@H]1[C@@H](OC)OC[C@@H]2OCO[C@H]12. The van der Waals surface area contributed by atoms with Crippen molar-refractivity contribution in [3.05, 3.63) is 12.7 Å². The second-order valence-electron chi connectivity index (χ2n) is 5.23. The molecule has 0 aliphatic carbocycles. The third kappa shape index (κ3) is 3.01. The number of allylic oxidation sites excluding steroid dienone is 1. The maximum Gasteiger partial charge on any atom is 0.191 e. The Hall–Kier alpha value is -0.243. The van der Waals surface area contributed by atoms with E-state index in [9.17, 15) is 0 Å². The maximum absolute atomic E-state index is 6.25. The molecule has 2 aliphatic heterocycles. The Bertz CT molecular complexity index is 296. The number of hydrogen-bond acceptors (Lipinski definition) is 5. The summed E-state index contributed by atoms with van der Waals surface area (Å²) in [5.41, 5.74) is 0. The fourth-order valence-electron chi connectivity index (χ4n) is 2.39. The Kier molecular flexibility index (Phi) is 4.58. The van der Waals surface area contributed by atoms with Crippen molar-refractivity contribution >= 4 is 8.32 Å². The molecule has 6 heteroatoms. The van der Waals surface area contributed by atoms with Crippen LogP contribution in [0.1, 0.15) is 0 Å². The predicted octanol–water partition coefficient (Wildman–Crippen LogP) is 1.51. The molecule has 0 bridgehead atoms. The Morgan fingerprint density at radius 2 is 2.11 bits per heavy atom. The Labute approximate surface area is 109 Å². The molecule has 0 aromatic rings. The Morgan fingerprint density at radius 3 is 2.78 bits per heavy atom. The second-order valence-corrected chi connectivity index (χ2v) is 9.39. The van der Waals surface area contributed by atoms with E-state index in [4.69, 9.17) is 23.4 Å². The zero-order valence-corrected chi connectivity index (χ0v) is 12.3. The second kappa shape index (κ2) is 5.81. The molecule has 104 valence electrons. The first-order chi connectivity index (χ1) is 8.57. The van der Waals surface area contributed by atoms with Crippen LogP contribution in [0, 0.1) is 0 Å². The number of fused-ring (bicyclic) bond motifs is 1. The summed E-state index contributed by atoms with van der Waals surface area (Å²) in [4.78, 5) is 0. The van der Waals surface area contributed by atoms with Gasteiger partial charge in [-0.3, -0.25) is 0 Å². The van der Waals surface area contributed by atoms with Crippen LogP contribution in [0.3, 0.4) is 0 Å². The minimum atomic E-state index is -1.82. The minimum absolute atomic E-state index is 0.0464. The summed E-state index contributed by atoms with van der Waals surface area (Å²) in [5, 5.41) is 0. The zero-order valence-electron chi connectivity index (χ0n) is 11.3. The molecular weight excluding hydrogens is 252 g/mol. The first-order valence-electron chi connectivity index (χ1n) is 6.24. The van der Waals surface area contributed by atoms with E-state index in [1.165, 1.54) is 0 Å². The highest BCUT2D eigenvalue weighted by Gasteiger charge is 2.47. The van der Waals surface area contributed by atoms with Crippen LogP contribution in [0.4, 0.5) is 0 Å². The van der Waals surface area contributed by atoms with E-state index in [0.717, 1.165) is 6.04 Å². The van der Waals surface area contributed by atoms with Gasteiger partial charge in [0.15, 0.2) is 14.6 Å². The van der Waals surface area contributed by atoms with E-state index in [2.05, 4.69) is 19.7 Å². The molecule has 0 N–H and O–H groups in total. The van der Waals surface area contributed by atoms with Crippen molar-refractivity contribution in [2.45, 2.75) is 43.7 Å². The van der Waals surface area contributed by atoms with Gasteiger partial charge >= 0.3 is 0 Å². The highest BCUT2D eigenvalue weighted by molar-refractivity contribution is 6.71. The molecule has 0 saturated carbocycles. The van der Waals surface area contributed by atoms with Gasteiger partial charge in [-0.05, 0) is 19.1 Å². The molecule has 0 aromatic heterocycles. The minimum Gasteiger partial charge on any atom is -0.406 e. The van der Waals surface area contributed by atoms with Gasteiger partial charge in [0.05, 0.1) is 6.61 Å². The van der Waals surface area contributed by atoms with Crippen molar-refractivity contribution in [1.29, 1.82) is 0 Å². The van der Waals surface area contributed by atoms with Crippen molar-refractivity contribution in [3.8, 4) is 0 Å². The van der Waals surface area contributed by atoms with Gasteiger partial charge < -0.3 is 23.4 Å². The van der Waals surface area contributed by atoms with Crippen LogP contribution in [-0.2, 0) is 23.4 Å². The van der Waals surface area contributed by atoms with Crippen molar-refractivity contribution in [3.63, 3.8) is 0 Å². The average molecular weight is 274 g/mol. The topological polar surface area (TPSA) is 46.2 Å². The maximum atomic E-state index is 6.25. The molecule has 0 spiro atoms. The van der Waals surface area contributed by atoms with Crippen molar-refractivity contribution in [1.82, 2.24) is 0 Å². The number of ether oxygens (including phenoxy) is 4. The Morgan fingerprint density at radius 1 is 1.33 bits per heavy atom. The summed E-state index contributed by atoms with van der Waals surface area (Å²) in [5.74, 6) is 0. The third-order valence-electron chi connectivity index (χ3n) is 3.25. The number of hydrogen-bond donors (Lipinski definition) is 0. The molecule has 4 atom stereocenters. The first kappa shape index (κ1) is 14.2. The predicted molar refractivity (Wildman–Crippen MR) is 68.7 cm³/mol. The lowest BCUT2D eigenvalue weighted by Crippen LogP contribution is -2.56. The standard InChI is InChI=1S/C12H22O5Si/c1-5-6-18(3,4)17-11-10-9(15-8-16-10)7-14-12(11)13-2/h5,9-12H,1,6-8H2,2-4H3/t9-,10-,11+,12-/m0/s1. The van der Waals surface area contributed by atoms with E-state index in [-0.39, 0.29) is 24.6 Å². The van der Waals surface area contributed by atoms with Crippen LogP contribution in [0.25, 0.3) is 0 Å². The molecule has 2 saturated heterocycles. The van der Waals surface area contributed by atoms with Gasteiger partial charge in [0.1, 0.15) is 25.1 Å². The van der Waals surface area contributed by atoms with Crippen LogP contribution in [0.5, 0.6) is 0 Å². The zero-order chi connectivity index (χ0) is 13.2. The summed E-state index contributed by atoms with van der Waals surface area (Å²) in [6.45, 7) is 8.88. The van der Waals surface area contributed by atoms with E-state index < -0.39 is 8.32 Å². The molecular formula is C12H22O5Si. The molecule has 2 aliphatic rings. The normalized spacial score (nSPS) is 36.4. The van der Waals surface area contributed by atoms with Crippen LogP contribution in [-0.4, -0.2) is 53.4 Å². The van der Waals surface area contributed by atoms with E-state index in [1.54, 1.807) is 7.11 Å². The van der Waals surface area contributed by atoms with Crippen LogP contribution >= 0.6 is 0 Å². The van der Waals surface area contributed by atoms with Crippen LogP contribution in [0.2, 0.25) is 19.1 Å². The van der Waals surface area contributed by atoms with Crippen molar-refractivity contribution in [2.75, 3.05) is 20.5 Å².